The number of carbonyl (C=O) groups excluding carboxylic acids is 2. The number of carboxylic acids is 1. The standard InChI is InChI=1S/C17H25NO5/c1-4-17(2,3)16(22)18-7-8-23-15(21)13-11-6-5-10(9-11)12(13)14(19)20/h5-6,10-13H,4,7-9H2,1-3H3,(H,18,22)(H,19,20). The Morgan fingerprint density at radius 1 is 1.22 bits per heavy atom. The highest BCUT2D eigenvalue weighted by atomic mass is 16.5. The third-order valence-corrected chi connectivity index (χ3v) is 5.15. The maximum Gasteiger partial charge on any atom is 0.310 e. The third kappa shape index (κ3) is 3.57. The smallest absolute Gasteiger partial charge is 0.310 e. The fourth-order valence-corrected chi connectivity index (χ4v) is 3.29. The molecule has 0 aromatic rings. The van der Waals surface area contributed by atoms with Gasteiger partial charge in [-0.3, -0.25) is 14.4 Å². The monoisotopic (exact) mass is 323 g/mol. The van der Waals surface area contributed by atoms with Crippen LogP contribution in [0.3, 0.4) is 0 Å². The van der Waals surface area contributed by atoms with E-state index in [1.54, 1.807) is 0 Å². The van der Waals surface area contributed by atoms with Crippen LogP contribution in [-0.4, -0.2) is 36.1 Å². The van der Waals surface area contributed by atoms with Crippen molar-refractivity contribution in [2.75, 3.05) is 13.2 Å². The number of fused-ring (bicyclic) bond motifs is 2. The lowest BCUT2D eigenvalue weighted by Crippen LogP contribution is -2.39. The Kier molecular flexibility index (Phi) is 5.12. The second-order valence-electron chi connectivity index (χ2n) is 7.00. The van der Waals surface area contributed by atoms with Gasteiger partial charge in [-0.15, -0.1) is 0 Å². The lowest BCUT2D eigenvalue weighted by Gasteiger charge is -2.24. The SMILES string of the molecule is CCC(C)(C)C(=O)NCCOC(=O)C1C2C=CC(C2)C1C(=O)O. The van der Waals surface area contributed by atoms with Gasteiger partial charge >= 0.3 is 11.9 Å². The van der Waals surface area contributed by atoms with E-state index in [1.807, 2.05) is 32.9 Å². The average molecular weight is 323 g/mol. The topological polar surface area (TPSA) is 92.7 Å². The molecule has 128 valence electrons. The Balaban J connectivity index is 1.80. The van der Waals surface area contributed by atoms with E-state index in [0.29, 0.717) is 6.42 Å². The minimum atomic E-state index is -0.943. The molecule has 1 saturated carbocycles. The summed E-state index contributed by atoms with van der Waals surface area (Å²) in [7, 11) is 0. The molecule has 0 aliphatic heterocycles. The molecule has 6 heteroatoms. The predicted octanol–water partition coefficient (Wildman–Crippen LogP) is 1.60. The van der Waals surface area contributed by atoms with Crippen LogP contribution in [0.5, 0.6) is 0 Å². The van der Waals surface area contributed by atoms with Crippen molar-refractivity contribution >= 4 is 17.8 Å². The molecule has 0 saturated heterocycles. The van der Waals surface area contributed by atoms with Gasteiger partial charge in [-0.2, -0.15) is 0 Å². The van der Waals surface area contributed by atoms with Crippen molar-refractivity contribution in [3.63, 3.8) is 0 Å². The number of rotatable bonds is 7. The number of ether oxygens (including phenoxy) is 1. The highest BCUT2D eigenvalue weighted by Gasteiger charge is 2.52. The summed E-state index contributed by atoms with van der Waals surface area (Å²) in [6.45, 7) is 5.95. The van der Waals surface area contributed by atoms with Crippen molar-refractivity contribution in [1.29, 1.82) is 0 Å². The summed E-state index contributed by atoms with van der Waals surface area (Å²) >= 11 is 0. The van der Waals surface area contributed by atoms with Gasteiger partial charge in [0.05, 0.1) is 18.4 Å². The summed E-state index contributed by atoms with van der Waals surface area (Å²) in [6, 6.07) is 0. The van der Waals surface area contributed by atoms with Gasteiger partial charge in [-0.25, -0.2) is 0 Å². The highest BCUT2D eigenvalue weighted by molar-refractivity contribution is 5.84. The van der Waals surface area contributed by atoms with Gasteiger partial charge in [-0.1, -0.05) is 32.9 Å². The molecular formula is C17H25NO5. The van der Waals surface area contributed by atoms with Crippen molar-refractivity contribution in [2.24, 2.45) is 29.1 Å². The second-order valence-corrected chi connectivity index (χ2v) is 7.00. The summed E-state index contributed by atoms with van der Waals surface area (Å²) in [5, 5.41) is 12.1. The van der Waals surface area contributed by atoms with E-state index in [-0.39, 0.29) is 30.9 Å². The third-order valence-electron chi connectivity index (χ3n) is 5.15. The Hall–Kier alpha value is -1.85. The van der Waals surface area contributed by atoms with Gasteiger partial charge < -0.3 is 15.2 Å². The molecular weight excluding hydrogens is 298 g/mol. The van der Waals surface area contributed by atoms with Gasteiger partial charge in [0.25, 0.3) is 0 Å². The van der Waals surface area contributed by atoms with Crippen LogP contribution >= 0.6 is 0 Å². The lowest BCUT2D eigenvalue weighted by molar-refractivity contribution is -0.158. The normalized spacial score (nSPS) is 28.7. The van der Waals surface area contributed by atoms with Crippen molar-refractivity contribution in [3.8, 4) is 0 Å². The van der Waals surface area contributed by atoms with E-state index in [4.69, 9.17) is 4.74 Å². The zero-order valence-electron chi connectivity index (χ0n) is 13.9. The number of amides is 1. The first-order valence-corrected chi connectivity index (χ1v) is 8.14. The lowest BCUT2D eigenvalue weighted by atomic mass is 9.83. The molecule has 0 aromatic heterocycles. The van der Waals surface area contributed by atoms with Crippen LogP contribution in [0.25, 0.3) is 0 Å². The minimum absolute atomic E-state index is 0.0396. The number of hydrogen-bond donors (Lipinski definition) is 2. The fraction of sp³-hybridized carbons (Fsp3) is 0.706. The van der Waals surface area contributed by atoms with Gasteiger partial charge in [0.1, 0.15) is 6.61 Å². The van der Waals surface area contributed by atoms with E-state index in [1.165, 1.54) is 0 Å². The van der Waals surface area contributed by atoms with Crippen molar-refractivity contribution in [2.45, 2.75) is 33.6 Å². The van der Waals surface area contributed by atoms with Crippen molar-refractivity contribution in [3.05, 3.63) is 12.2 Å². The number of hydrogen-bond acceptors (Lipinski definition) is 4. The average Bonchev–Trinajstić information content (AvgIpc) is 3.11. The molecule has 0 radical (unpaired) electrons. The van der Waals surface area contributed by atoms with Crippen LogP contribution in [0.15, 0.2) is 12.2 Å². The quantitative estimate of drug-likeness (QED) is 0.422. The number of carbonyl (C=O) groups is 3. The molecule has 0 spiro atoms. The molecule has 2 aliphatic rings. The zero-order chi connectivity index (χ0) is 17.2. The Morgan fingerprint density at radius 3 is 2.39 bits per heavy atom. The number of carboxylic acid groups (broad SMARTS) is 1. The zero-order valence-corrected chi connectivity index (χ0v) is 13.9. The molecule has 6 nitrogen and oxygen atoms in total. The predicted molar refractivity (Wildman–Crippen MR) is 83.4 cm³/mol. The van der Waals surface area contributed by atoms with Crippen molar-refractivity contribution < 1.29 is 24.2 Å². The van der Waals surface area contributed by atoms with Gasteiger partial charge in [0, 0.05) is 5.41 Å². The molecule has 4 atom stereocenters. The van der Waals surface area contributed by atoms with Crippen molar-refractivity contribution in [1.82, 2.24) is 5.32 Å². The Morgan fingerprint density at radius 2 is 1.83 bits per heavy atom. The maximum absolute atomic E-state index is 12.2. The molecule has 2 N–H and O–H groups in total. The van der Waals surface area contributed by atoms with E-state index in [9.17, 15) is 19.5 Å². The number of aliphatic carboxylic acids is 1. The van der Waals surface area contributed by atoms with Crippen LogP contribution in [0.1, 0.15) is 33.6 Å². The van der Waals surface area contributed by atoms with E-state index >= 15 is 0 Å². The molecule has 1 amide bonds. The number of nitrogens with one attached hydrogen (secondary N) is 1. The molecule has 4 unspecified atom stereocenters. The minimum Gasteiger partial charge on any atom is -0.481 e. The molecule has 2 bridgehead atoms. The largest absolute Gasteiger partial charge is 0.481 e. The van der Waals surface area contributed by atoms with Crippen LogP contribution in [0.2, 0.25) is 0 Å². The summed E-state index contributed by atoms with van der Waals surface area (Å²) < 4.78 is 5.20. The van der Waals surface area contributed by atoms with Crippen LogP contribution in [-0.2, 0) is 19.1 Å². The summed E-state index contributed by atoms with van der Waals surface area (Å²) in [4.78, 5) is 35.5. The second kappa shape index (κ2) is 6.72. The summed E-state index contributed by atoms with van der Waals surface area (Å²) in [6.07, 6.45) is 5.23. The van der Waals surface area contributed by atoms with E-state index in [0.717, 1.165) is 6.42 Å². The van der Waals surface area contributed by atoms with Crippen LogP contribution in [0.4, 0.5) is 0 Å². The maximum atomic E-state index is 12.2. The van der Waals surface area contributed by atoms with E-state index in [2.05, 4.69) is 5.32 Å². The summed E-state index contributed by atoms with van der Waals surface area (Å²) in [5.74, 6) is -2.90. The Labute approximate surface area is 136 Å². The molecule has 1 fully saturated rings. The van der Waals surface area contributed by atoms with Gasteiger partial charge in [0.15, 0.2) is 0 Å². The molecule has 0 heterocycles. The van der Waals surface area contributed by atoms with Gasteiger partial charge in [-0.05, 0) is 24.7 Å². The fourth-order valence-electron chi connectivity index (χ4n) is 3.29. The molecule has 2 rings (SSSR count). The van der Waals surface area contributed by atoms with E-state index < -0.39 is 29.2 Å². The summed E-state index contributed by atoms with van der Waals surface area (Å²) in [5.41, 5.74) is -0.451. The Bertz CT molecular complexity index is 525. The number of esters is 1. The van der Waals surface area contributed by atoms with Gasteiger partial charge in [0.2, 0.25) is 5.91 Å². The highest BCUT2D eigenvalue weighted by Crippen LogP contribution is 2.48. The number of allylic oxidation sites excluding steroid dienone is 2. The first kappa shape index (κ1) is 17.5. The first-order valence-electron chi connectivity index (χ1n) is 8.14. The van der Waals surface area contributed by atoms with Crippen LogP contribution < -0.4 is 5.32 Å². The molecule has 2 aliphatic carbocycles. The first-order chi connectivity index (χ1) is 10.8. The molecule has 23 heavy (non-hydrogen) atoms. The van der Waals surface area contributed by atoms with Crippen LogP contribution in [0, 0.1) is 29.1 Å². The molecule has 0 aromatic carbocycles.